The number of amides is 2. The highest BCUT2D eigenvalue weighted by atomic mass is 35.5. The van der Waals surface area contributed by atoms with Crippen molar-refractivity contribution in [2.24, 2.45) is 9.98 Å². The molecule has 5 rings (SSSR count). The summed E-state index contributed by atoms with van der Waals surface area (Å²) in [6, 6.07) is 8.40. The number of aliphatic imine (C=N–C) groups is 2. The van der Waals surface area contributed by atoms with E-state index in [4.69, 9.17) is 21.3 Å². The second-order valence-corrected chi connectivity index (χ2v) is 12.5. The normalized spacial score (nSPS) is 19.9. The predicted octanol–water partition coefficient (Wildman–Crippen LogP) is 4.44. The van der Waals surface area contributed by atoms with Gasteiger partial charge in [-0.05, 0) is 43.0 Å². The number of carbonyl (C=O) groups is 3. The molecule has 0 aliphatic carbocycles. The van der Waals surface area contributed by atoms with Crippen LogP contribution < -0.4 is 5.32 Å². The molecule has 3 aliphatic rings. The number of pyridine rings is 1. The van der Waals surface area contributed by atoms with Gasteiger partial charge in [0.05, 0.1) is 24.4 Å². The third kappa shape index (κ3) is 7.98. The van der Waals surface area contributed by atoms with Crippen LogP contribution in [-0.4, -0.2) is 101 Å². The van der Waals surface area contributed by atoms with Crippen LogP contribution in [0.4, 0.5) is 4.79 Å². The molecule has 48 heavy (non-hydrogen) atoms. The number of hydrogen-bond donors (Lipinski definition) is 2. The number of hydrogen-bond acceptors (Lipinski definition) is 10. The summed E-state index contributed by atoms with van der Waals surface area (Å²) in [6.45, 7) is 8.55. The Morgan fingerprint density at radius 2 is 2.02 bits per heavy atom. The van der Waals surface area contributed by atoms with E-state index in [-0.39, 0.29) is 17.9 Å². The number of ketones is 1. The Bertz CT molecular complexity index is 1780. The molecule has 1 aromatic carbocycles. The van der Waals surface area contributed by atoms with Crippen LogP contribution in [0.1, 0.15) is 53.5 Å². The van der Waals surface area contributed by atoms with Gasteiger partial charge in [0, 0.05) is 86.9 Å². The van der Waals surface area contributed by atoms with E-state index < -0.39 is 12.0 Å². The zero-order chi connectivity index (χ0) is 34.4. The number of esters is 1. The maximum Gasteiger partial charge on any atom is 0.338 e. The number of rotatable bonds is 9. The van der Waals surface area contributed by atoms with Gasteiger partial charge in [-0.2, -0.15) is 0 Å². The minimum Gasteiger partial charge on any atom is -0.466 e. The van der Waals surface area contributed by atoms with Crippen molar-refractivity contribution in [2.75, 3.05) is 46.4 Å². The van der Waals surface area contributed by atoms with E-state index in [0.29, 0.717) is 84.8 Å². The van der Waals surface area contributed by atoms with Gasteiger partial charge in [-0.15, -0.1) is 12.6 Å². The minimum atomic E-state index is -0.712. The molecule has 0 spiro atoms. The van der Waals surface area contributed by atoms with Crippen LogP contribution in [0.15, 0.2) is 69.4 Å². The number of nitrogens with zero attached hydrogens (tertiary/aromatic N) is 6. The van der Waals surface area contributed by atoms with Gasteiger partial charge in [-0.25, -0.2) is 9.59 Å². The third-order valence-electron chi connectivity index (χ3n) is 8.42. The van der Waals surface area contributed by atoms with E-state index in [1.165, 1.54) is 19.4 Å². The number of methoxy groups -OCH3 is 1. The summed E-state index contributed by atoms with van der Waals surface area (Å²) in [4.78, 5) is 57.5. The number of Topliss-reactive ketones (excluding diaryl/α,β-unsaturated/α-hetero) is 1. The van der Waals surface area contributed by atoms with Gasteiger partial charge in [0.2, 0.25) is 0 Å². The smallest absolute Gasteiger partial charge is 0.338 e. The third-order valence-corrected chi connectivity index (χ3v) is 8.88. The van der Waals surface area contributed by atoms with E-state index in [2.05, 4.69) is 44.7 Å². The molecule has 2 saturated heterocycles. The summed E-state index contributed by atoms with van der Waals surface area (Å²) in [5, 5.41) is 5.40. The van der Waals surface area contributed by atoms with Crippen LogP contribution >= 0.6 is 24.2 Å². The molecular formula is C35H38ClN7O4S. The number of benzene rings is 1. The lowest BCUT2D eigenvalue weighted by atomic mass is 9.94. The fraction of sp³-hybridized carbons (Fsp3) is 0.371. The Morgan fingerprint density at radius 1 is 1.21 bits per heavy atom. The molecule has 0 radical (unpaired) electrons. The zero-order valence-electron chi connectivity index (χ0n) is 27.4. The molecule has 2 aromatic rings. The van der Waals surface area contributed by atoms with Crippen molar-refractivity contribution < 1.29 is 19.1 Å². The quantitative estimate of drug-likeness (QED) is 0.132. The highest BCUT2D eigenvalue weighted by molar-refractivity contribution is 7.83. The molecule has 0 saturated carbocycles. The summed E-state index contributed by atoms with van der Waals surface area (Å²) in [5.74, 6) is 6.10. The van der Waals surface area contributed by atoms with Gasteiger partial charge in [0.25, 0.3) is 0 Å². The SMILES string of the molecule is COC(=O)C1=C(CN2CCN3C(=O)N(CCC#Cc4ccc(C(C)=O)nc4)C[C@@H]3C2)NC(/C(C)=N/C=C\S)=N[C@H]1c1ccc(C)cc1Cl. The topological polar surface area (TPSA) is 120 Å². The second kappa shape index (κ2) is 15.6. The maximum absolute atomic E-state index is 13.4. The number of carbonyl (C=O) groups excluding carboxylic acids is 3. The van der Waals surface area contributed by atoms with Crippen molar-refractivity contribution in [3.63, 3.8) is 0 Å². The van der Waals surface area contributed by atoms with Crippen molar-refractivity contribution in [3.8, 4) is 11.8 Å². The Morgan fingerprint density at radius 3 is 2.71 bits per heavy atom. The summed E-state index contributed by atoms with van der Waals surface area (Å²) in [6.07, 6.45) is 3.66. The lowest BCUT2D eigenvalue weighted by molar-refractivity contribution is -0.136. The molecule has 1 N–H and O–H groups in total. The first-order valence-electron chi connectivity index (χ1n) is 15.6. The maximum atomic E-state index is 13.4. The number of nitrogens with one attached hydrogen (secondary N) is 1. The molecule has 13 heteroatoms. The van der Waals surface area contributed by atoms with Crippen LogP contribution in [0.2, 0.25) is 5.02 Å². The van der Waals surface area contributed by atoms with E-state index in [1.807, 2.05) is 41.8 Å². The lowest BCUT2D eigenvalue weighted by Gasteiger charge is -2.38. The Hall–Kier alpha value is -4.44. The Kier molecular flexibility index (Phi) is 11.4. The Labute approximate surface area is 291 Å². The average Bonchev–Trinajstić information content (AvgIpc) is 3.39. The number of halogens is 1. The zero-order valence-corrected chi connectivity index (χ0v) is 29.0. The van der Waals surface area contributed by atoms with Crippen LogP contribution in [-0.2, 0) is 9.53 Å². The number of aromatic nitrogens is 1. The molecule has 0 unspecified atom stereocenters. The molecule has 1 aromatic heterocycles. The van der Waals surface area contributed by atoms with E-state index >= 15 is 0 Å². The molecule has 4 heterocycles. The summed E-state index contributed by atoms with van der Waals surface area (Å²) in [7, 11) is 1.35. The van der Waals surface area contributed by atoms with Gasteiger partial charge in [-0.3, -0.25) is 24.7 Å². The molecule has 2 atom stereocenters. The molecule has 0 bridgehead atoms. The number of amidine groups is 1. The van der Waals surface area contributed by atoms with Crippen molar-refractivity contribution in [2.45, 2.75) is 39.3 Å². The van der Waals surface area contributed by atoms with Crippen molar-refractivity contribution >= 4 is 53.6 Å². The molecule has 11 nitrogen and oxygen atoms in total. The van der Waals surface area contributed by atoms with Gasteiger partial charge in [-0.1, -0.05) is 35.6 Å². The number of aryl methyl sites for hydroxylation is 1. The number of thiol groups is 1. The predicted molar refractivity (Wildman–Crippen MR) is 189 cm³/mol. The molecule has 250 valence electrons. The summed E-state index contributed by atoms with van der Waals surface area (Å²) in [5.41, 5.74) is 4.44. The Balaban J connectivity index is 1.32. The van der Waals surface area contributed by atoms with Crippen molar-refractivity contribution in [3.05, 3.63) is 86.8 Å². The number of urea groups is 1. The largest absolute Gasteiger partial charge is 0.466 e. The highest BCUT2D eigenvalue weighted by Crippen LogP contribution is 2.36. The molecular weight excluding hydrogens is 650 g/mol. The first kappa shape index (κ1) is 34.9. The fourth-order valence-electron chi connectivity index (χ4n) is 5.97. The highest BCUT2D eigenvalue weighted by Gasteiger charge is 2.41. The first-order chi connectivity index (χ1) is 23.1. The fourth-order valence-corrected chi connectivity index (χ4v) is 6.37. The van der Waals surface area contributed by atoms with Crippen LogP contribution in [0, 0.1) is 18.8 Å². The standard InChI is InChI=1S/C35H38ClN7O4S/c1-22-8-10-27(28(36)17-22)32-31(34(45)47-4)30(39-33(40-32)23(2)37-12-16-48)21-41-14-15-43-26(19-41)20-42(35(43)46)13-6-5-7-25-9-11-29(24(3)44)38-18-25/h8-12,16-18,26,32,48H,6,13-15,19-21H2,1-4H3,(H,39,40)/b16-12-,37-23+/t26-,32-/m0/s1. The second-order valence-electron chi connectivity index (χ2n) is 11.8. The molecule has 3 aliphatic heterocycles. The summed E-state index contributed by atoms with van der Waals surface area (Å²) < 4.78 is 5.27. The van der Waals surface area contributed by atoms with Crippen molar-refractivity contribution in [1.82, 2.24) is 25.0 Å². The van der Waals surface area contributed by atoms with Gasteiger partial charge in [0.15, 0.2) is 5.78 Å². The van der Waals surface area contributed by atoms with Crippen molar-refractivity contribution in [1.29, 1.82) is 0 Å². The van der Waals surface area contributed by atoms with Gasteiger partial charge in [0.1, 0.15) is 17.6 Å². The van der Waals surface area contributed by atoms with E-state index in [1.54, 1.807) is 24.5 Å². The van der Waals surface area contributed by atoms with Gasteiger partial charge < -0.3 is 19.9 Å². The van der Waals surface area contributed by atoms with Crippen LogP contribution in [0.25, 0.3) is 0 Å². The monoisotopic (exact) mass is 687 g/mol. The van der Waals surface area contributed by atoms with E-state index in [9.17, 15) is 14.4 Å². The molecule has 2 amide bonds. The first-order valence-corrected chi connectivity index (χ1v) is 16.5. The van der Waals surface area contributed by atoms with E-state index in [0.717, 1.165) is 11.1 Å². The van der Waals surface area contributed by atoms with Gasteiger partial charge >= 0.3 is 12.0 Å². The van der Waals surface area contributed by atoms with Crippen LogP contribution in [0.3, 0.4) is 0 Å². The lowest BCUT2D eigenvalue weighted by Crippen LogP contribution is -2.53. The minimum absolute atomic E-state index is 0.00626. The number of piperazine rings is 1. The number of ether oxygens (including phenoxy) is 1. The number of fused-ring (bicyclic) bond motifs is 1. The average molecular weight is 688 g/mol. The summed E-state index contributed by atoms with van der Waals surface area (Å²) >= 11 is 10.8. The molecule has 2 fully saturated rings. The van der Waals surface area contributed by atoms with Crippen LogP contribution in [0.5, 0.6) is 0 Å².